The molecule has 24 heavy (non-hydrogen) atoms. The molecule has 0 atom stereocenters. The molecule has 0 bridgehead atoms. The highest BCUT2D eigenvalue weighted by atomic mass is 16.5. The van der Waals surface area contributed by atoms with E-state index in [0.717, 1.165) is 47.0 Å². The number of ether oxygens (including phenoxy) is 1. The third-order valence-corrected chi connectivity index (χ3v) is 4.06. The second kappa shape index (κ2) is 7.59. The predicted molar refractivity (Wildman–Crippen MR) is 93.3 cm³/mol. The van der Waals surface area contributed by atoms with Gasteiger partial charge in [-0.3, -0.25) is 4.98 Å². The number of nitrogens with zero attached hydrogens (tertiary/aromatic N) is 3. The third kappa shape index (κ3) is 3.20. The number of imidazole rings is 1. The summed E-state index contributed by atoms with van der Waals surface area (Å²) in [6, 6.07) is 5.71. The quantitative estimate of drug-likeness (QED) is 0.663. The van der Waals surface area contributed by atoms with Gasteiger partial charge >= 0.3 is 0 Å². The van der Waals surface area contributed by atoms with E-state index in [0.29, 0.717) is 12.3 Å². The summed E-state index contributed by atoms with van der Waals surface area (Å²) in [6.45, 7) is 3.00. The first-order valence-corrected chi connectivity index (χ1v) is 8.41. The molecule has 3 aromatic rings. The number of aryl methyl sites for hydroxylation is 1. The van der Waals surface area contributed by atoms with Gasteiger partial charge in [0.1, 0.15) is 23.7 Å². The van der Waals surface area contributed by atoms with Crippen molar-refractivity contribution in [2.45, 2.75) is 32.7 Å². The molecular formula is C18H23N3O3. The number of rotatable bonds is 8. The summed E-state index contributed by atoms with van der Waals surface area (Å²) in [6.07, 6.45) is 4.84. The highest BCUT2D eigenvalue weighted by Gasteiger charge is 2.14. The first-order valence-electron chi connectivity index (χ1n) is 8.41. The first kappa shape index (κ1) is 16.7. The molecular weight excluding hydrogens is 306 g/mol. The van der Waals surface area contributed by atoms with Crippen LogP contribution in [0, 0.1) is 0 Å². The van der Waals surface area contributed by atoms with E-state index in [1.807, 2.05) is 18.2 Å². The fraction of sp³-hybridized carbons (Fsp3) is 0.444. The molecule has 0 spiro atoms. The van der Waals surface area contributed by atoms with Gasteiger partial charge < -0.3 is 19.5 Å². The normalized spacial score (nSPS) is 11.5. The third-order valence-electron chi connectivity index (χ3n) is 4.06. The van der Waals surface area contributed by atoms with Crippen molar-refractivity contribution in [2.75, 3.05) is 19.8 Å². The van der Waals surface area contributed by atoms with E-state index in [9.17, 15) is 5.11 Å². The largest absolute Gasteiger partial charge is 0.491 e. The van der Waals surface area contributed by atoms with Gasteiger partial charge in [-0.2, -0.15) is 0 Å². The number of pyridine rings is 1. The number of unbranched alkanes of at least 4 members (excludes halogenated alkanes) is 1. The molecule has 0 saturated heterocycles. The van der Waals surface area contributed by atoms with Gasteiger partial charge in [0, 0.05) is 24.4 Å². The van der Waals surface area contributed by atoms with Crippen LogP contribution in [0.5, 0.6) is 5.75 Å². The fourth-order valence-electron chi connectivity index (χ4n) is 2.96. The number of benzene rings is 1. The van der Waals surface area contributed by atoms with E-state index in [4.69, 9.17) is 14.8 Å². The molecule has 0 amide bonds. The summed E-state index contributed by atoms with van der Waals surface area (Å²) in [5.41, 5.74) is 2.68. The monoisotopic (exact) mass is 329 g/mol. The second-order valence-corrected chi connectivity index (χ2v) is 5.75. The Balaban J connectivity index is 2.12. The molecule has 6 heteroatoms. The molecule has 2 aromatic heterocycles. The van der Waals surface area contributed by atoms with Gasteiger partial charge in [0.05, 0.1) is 30.4 Å². The standard InChI is InChI=1S/C18H23N3O3/c1-2-3-4-17-20-16-12-19-15-11-13(24-10-9-23)5-6-14(15)18(16)21(17)7-8-22/h5-6,11-12,22-23H,2-4,7-10H2,1H3. The highest BCUT2D eigenvalue weighted by molar-refractivity contribution is 6.02. The summed E-state index contributed by atoms with van der Waals surface area (Å²) in [7, 11) is 0. The van der Waals surface area contributed by atoms with Gasteiger partial charge in [0.2, 0.25) is 0 Å². The van der Waals surface area contributed by atoms with Crippen molar-refractivity contribution in [1.82, 2.24) is 14.5 Å². The topological polar surface area (TPSA) is 80.4 Å². The lowest BCUT2D eigenvalue weighted by molar-refractivity contribution is 0.201. The molecule has 0 aliphatic rings. The minimum absolute atomic E-state index is 0.0193. The molecule has 1 aromatic carbocycles. The zero-order valence-corrected chi connectivity index (χ0v) is 13.9. The molecule has 2 heterocycles. The summed E-state index contributed by atoms with van der Waals surface area (Å²) in [4.78, 5) is 9.21. The number of aliphatic hydroxyl groups is 2. The van der Waals surface area contributed by atoms with Gasteiger partial charge in [-0.1, -0.05) is 13.3 Å². The molecule has 2 N–H and O–H groups in total. The van der Waals surface area contributed by atoms with Crippen molar-refractivity contribution in [3.63, 3.8) is 0 Å². The highest BCUT2D eigenvalue weighted by Crippen LogP contribution is 2.28. The molecule has 6 nitrogen and oxygen atoms in total. The molecule has 3 rings (SSSR count). The molecule has 0 unspecified atom stereocenters. The Morgan fingerprint density at radius 3 is 2.79 bits per heavy atom. The lowest BCUT2D eigenvalue weighted by atomic mass is 10.2. The van der Waals surface area contributed by atoms with Crippen LogP contribution in [0.4, 0.5) is 0 Å². The van der Waals surface area contributed by atoms with Gasteiger partial charge in [0.25, 0.3) is 0 Å². The van der Waals surface area contributed by atoms with Gasteiger partial charge in [-0.25, -0.2) is 4.98 Å². The number of hydrogen-bond acceptors (Lipinski definition) is 5. The first-order chi connectivity index (χ1) is 11.8. The van der Waals surface area contributed by atoms with Crippen molar-refractivity contribution in [2.24, 2.45) is 0 Å². The van der Waals surface area contributed by atoms with Crippen LogP contribution in [0.15, 0.2) is 24.4 Å². The Labute approximate surface area is 140 Å². The molecule has 0 radical (unpaired) electrons. The summed E-state index contributed by atoms with van der Waals surface area (Å²) < 4.78 is 7.56. The van der Waals surface area contributed by atoms with Crippen LogP contribution in [0.25, 0.3) is 21.9 Å². The van der Waals surface area contributed by atoms with Crippen molar-refractivity contribution < 1.29 is 14.9 Å². The number of aliphatic hydroxyl groups excluding tert-OH is 2. The van der Waals surface area contributed by atoms with Gasteiger partial charge in [-0.15, -0.1) is 0 Å². The van der Waals surface area contributed by atoms with Crippen LogP contribution in [-0.2, 0) is 13.0 Å². The SMILES string of the molecule is CCCCc1nc2cnc3cc(OCCO)ccc3c2n1CCO. The summed E-state index contributed by atoms with van der Waals surface area (Å²) in [5.74, 6) is 1.68. The zero-order chi connectivity index (χ0) is 16.9. The summed E-state index contributed by atoms with van der Waals surface area (Å²) >= 11 is 0. The van der Waals surface area contributed by atoms with E-state index in [-0.39, 0.29) is 19.8 Å². The average Bonchev–Trinajstić information content (AvgIpc) is 2.96. The Bertz CT molecular complexity index is 829. The van der Waals surface area contributed by atoms with Gasteiger partial charge in [0.15, 0.2) is 0 Å². The molecule has 128 valence electrons. The fourth-order valence-corrected chi connectivity index (χ4v) is 2.96. The van der Waals surface area contributed by atoms with E-state index in [1.54, 1.807) is 6.20 Å². The molecule has 0 aliphatic heterocycles. The zero-order valence-electron chi connectivity index (χ0n) is 13.9. The lowest BCUT2D eigenvalue weighted by Crippen LogP contribution is -2.07. The maximum atomic E-state index is 9.45. The van der Waals surface area contributed by atoms with Crippen LogP contribution in [-0.4, -0.2) is 44.6 Å². The van der Waals surface area contributed by atoms with E-state index >= 15 is 0 Å². The van der Waals surface area contributed by atoms with Crippen molar-refractivity contribution in [3.8, 4) is 5.75 Å². The lowest BCUT2D eigenvalue weighted by Gasteiger charge is -2.09. The van der Waals surface area contributed by atoms with E-state index < -0.39 is 0 Å². The van der Waals surface area contributed by atoms with Crippen LogP contribution >= 0.6 is 0 Å². The minimum atomic E-state index is -0.0193. The maximum absolute atomic E-state index is 9.45. The van der Waals surface area contributed by atoms with E-state index in [2.05, 4.69) is 16.5 Å². The smallest absolute Gasteiger partial charge is 0.121 e. The van der Waals surface area contributed by atoms with Gasteiger partial charge in [-0.05, 0) is 18.6 Å². The Kier molecular flexibility index (Phi) is 5.27. The Morgan fingerprint density at radius 2 is 2.04 bits per heavy atom. The molecule has 0 saturated carbocycles. The summed E-state index contributed by atoms with van der Waals surface area (Å²) in [5, 5.41) is 19.3. The molecule has 0 fully saturated rings. The predicted octanol–water partition coefficient (Wildman–Crippen LogP) is 2.29. The van der Waals surface area contributed by atoms with Crippen molar-refractivity contribution in [1.29, 1.82) is 0 Å². The average molecular weight is 329 g/mol. The van der Waals surface area contributed by atoms with Crippen LogP contribution in [0.3, 0.4) is 0 Å². The number of hydrogen-bond donors (Lipinski definition) is 2. The Hall–Kier alpha value is -2.18. The van der Waals surface area contributed by atoms with E-state index in [1.165, 1.54) is 0 Å². The van der Waals surface area contributed by atoms with Crippen molar-refractivity contribution >= 4 is 21.9 Å². The van der Waals surface area contributed by atoms with Crippen LogP contribution < -0.4 is 4.74 Å². The van der Waals surface area contributed by atoms with Crippen LogP contribution in [0.1, 0.15) is 25.6 Å². The van der Waals surface area contributed by atoms with Crippen molar-refractivity contribution in [3.05, 3.63) is 30.2 Å². The molecule has 0 aliphatic carbocycles. The Morgan fingerprint density at radius 1 is 1.17 bits per heavy atom. The number of aromatic nitrogens is 3. The minimum Gasteiger partial charge on any atom is -0.491 e. The number of fused-ring (bicyclic) bond motifs is 3. The van der Waals surface area contributed by atoms with Crippen LogP contribution in [0.2, 0.25) is 0 Å². The second-order valence-electron chi connectivity index (χ2n) is 5.75. The maximum Gasteiger partial charge on any atom is 0.121 e.